The van der Waals surface area contributed by atoms with Gasteiger partial charge in [-0.25, -0.2) is 14.4 Å². The fourth-order valence-electron chi connectivity index (χ4n) is 3.65. The molecule has 28 heavy (non-hydrogen) atoms. The molecular formula is C21H28FN5O. The normalized spacial score (nSPS) is 17.9. The predicted molar refractivity (Wildman–Crippen MR) is 107 cm³/mol. The summed E-state index contributed by atoms with van der Waals surface area (Å²) >= 11 is 0. The smallest absolute Gasteiger partial charge is 0.225 e. The number of likely N-dealkylation sites (tertiary alicyclic amines) is 1. The number of anilines is 1. The van der Waals surface area contributed by atoms with E-state index in [-0.39, 0.29) is 23.7 Å². The van der Waals surface area contributed by atoms with Gasteiger partial charge in [0.15, 0.2) is 0 Å². The highest BCUT2D eigenvalue weighted by Crippen LogP contribution is 2.21. The number of hydrogen-bond acceptors (Lipinski definition) is 5. The number of aryl methyl sites for hydroxylation is 1. The van der Waals surface area contributed by atoms with Crippen molar-refractivity contribution in [2.45, 2.75) is 38.8 Å². The van der Waals surface area contributed by atoms with Crippen LogP contribution in [0.4, 0.5) is 10.2 Å². The van der Waals surface area contributed by atoms with Crippen molar-refractivity contribution >= 4 is 11.7 Å². The molecule has 0 unspecified atom stereocenters. The zero-order valence-corrected chi connectivity index (χ0v) is 16.5. The SMILES string of the molecule is C[C@H](CCc1ccccc1F)C(=O)N1CC[C@@H](N(C)Cc2nccc(N)n2)C1. The van der Waals surface area contributed by atoms with Crippen LogP contribution in [0.1, 0.15) is 31.2 Å². The Balaban J connectivity index is 1.49. The molecule has 0 aliphatic carbocycles. The second-order valence-corrected chi connectivity index (χ2v) is 7.57. The average Bonchev–Trinajstić information content (AvgIpc) is 3.17. The topological polar surface area (TPSA) is 75.4 Å². The van der Waals surface area contributed by atoms with Crippen LogP contribution in [0.2, 0.25) is 0 Å². The third kappa shape index (κ3) is 5.04. The Kier molecular flexibility index (Phi) is 6.57. The van der Waals surface area contributed by atoms with Crippen LogP contribution >= 0.6 is 0 Å². The monoisotopic (exact) mass is 385 g/mol. The summed E-state index contributed by atoms with van der Waals surface area (Å²) < 4.78 is 13.8. The Morgan fingerprint density at radius 1 is 1.39 bits per heavy atom. The molecule has 1 aromatic carbocycles. The maximum Gasteiger partial charge on any atom is 0.225 e. The lowest BCUT2D eigenvalue weighted by molar-refractivity contribution is -0.134. The van der Waals surface area contributed by atoms with Gasteiger partial charge in [-0.1, -0.05) is 25.1 Å². The van der Waals surface area contributed by atoms with Gasteiger partial charge in [0.1, 0.15) is 17.5 Å². The summed E-state index contributed by atoms with van der Waals surface area (Å²) in [4.78, 5) is 25.4. The van der Waals surface area contributed by atoms with E-state index in [0.29, 0.717) is 43.1 Å². The van der Waals surface area contributed by atoms with Crippen molar-refractivity contribution in [2.75, 3.05) is 25.9 Å². The number of carbonyl (C=O) groups is 1. The van der Waals surface area contributed by atoms with E-state index < -0.39 is 0 Å². The van der Waals surface area contributed by atoms with E-state index in [1.165, 1.54) is 6.07 Å². The van der Waals surface area contributed by atoms with Crippen molar-refractivity contribution in [3.63, 3.8) is 0 Å². The first-order chi connectivity index (χ1) is 13.4. The molecule has 2 aromatic rings. The van der Waals surface area contributed by atoms with Gasteiger partial charge in [0.25, 0.3) is 0 Å². The first-order valence-corrected chi connectivity index (χ1v) is 9.74. The molecule has 2 N–H and O–H groups in total. The highest BCUT2D eigenvalue weighted by Gasteiger charge is 2.31. The molecule has 0 radical (unpaired) electrons. The third-order valence-electron chi connectivity index (χ3n) is 5.44. The molecule has 1 aliphatic heterocycles. The van der Waals surface area contributed by atoms with Gasteiger partial charge in [0, 0.05) is 31.2 Å². The summed E-state index contributed by atoms with van der Waals surface area (Å²) in [6.07, 6.45) is 3.80. The van der Waals surface area contributed by atoms with E-state index in [1.54, 1.807) is 24.4 Å². The number of likely N-dealkylation sites (N-methyl/N-ethyl adjacent to an activating group) is 1. The molecule has 6 nitrogen and oxygen atoms in total. The number of nitrogen functional groups attached to an aromatic ring is 1. The largest absolute Gasteiger partial charge is 0.384 e. The van der Waals surface area contributed by atoms with Gasteiger partial charge >= 0.3 is 0 Å². The number of benzene rings is 1. The van der Waals surface area contributed by atoms with E-state index >= 15 is 0 Å². The molecule has 150 valence electrons. The third-order valence-corrected chi connectivity index (χ3v) is 5.44. The molecule has 1 amide bonds. The number of halogens is 1. The zero-order chi connectivity index (χ0) is 20.1. The second-order valence-electron chi connectivity index (χ2n) is 7.57. The summed E-state index contributed by atoms with van der Waals surface area (Å²) in [5, 5.41) is 0. The van der Waals surface area contributed by atoms with Crippen molar-refractivity contribution < 1.29 is 9.18 Å². The first kappa shape index (κ1) is 20.2. The minimum absolute atomic E-state index is 0.124. The summed E-state index contributed by atoms with van der Waals surface area (Å²) in [7, 11) is 2.02. The number of rotatable bonds is 7. The van der Waals surface area contributed by atoms with Crippen LogP contribution in [-0.4, -0.2) is 51.9 Å². The molecule has 0 spiro atoms. The van der Waals surface area contributed by atoms with Gasteiger partial charge in [-0.15, -0.1) is 0 Å². The molecular weight excluding hydrogens is 357 g/mol. The fraction of sp³-hybridized carbons (Fsp3) is 0.476. The van der Waals surface area contributed by atoms with Crippen molar-refractivity contribution in [1.29, 1.82) is 0 Å². The molecule has 0 saturated carbocycles. The number of amides is 1. The van der Waals surface area contributed by atoms with Gasteiger partial charge in [-0.05, 0) is 44.0 Å². The van der Waals surface area contributed by atoms with E-state index in [9.17, 15) is 9.18 Å². The summed E-state index contributed by atoms with van der Waals surface area (Å²) in [6.45, 7) is 3.97. The molecule has 1 aliphatic rings. The number of nitrogens with two attached hydrogens (primary N) is 1. The van der Waals surface area contributed by atoms with Crippen molar-refractivity contribution in [3.05, 3.63) is 53.7 Å². The molecule has 1 saturated heterocycles. The number of hydrogen-bond donors (Lipinski definition) is 1. The van der Waals surface area contributed by atoms with Gasteiger partial charge < -0.3 is 10.6 Å². The number of carbonyl (C=O) groups excluding carboxylic acids is 1. The average molecular weight is 385 g/mol. The standard InChI is InChI=1S/C21H28FN5O/c1-15(7-8-16-5-3-4-6-18(16)22)21(28)27-12-10-17(13-27)26(2)14-20-24-11-9-19(23)25-20/h3-6,9,11,15,17H,7-8,10,12-14H2,1-2H3,(H2,23,24,25)/t15-,17-/m1/s1. The fourth-order valence-corrected chi connectivity index (χ4v) is 3.65. The molecule has 1 fully saturated rings. The molecule has 3 rings (SSSR count). The van der Waals surface area contributed by atoms with Crippen molar-refractivity contribution in [3.8, 4) is 0 Å². The molecule has 2 atom stereocenters. The summed E-state index contributed by atoms with van der Waals surface area (Å²) in [5.41, 5.74) is 6.39. The summed E-state index contributed by atoms with van der Waals surface area (Å²) in [5.74, 6) is 0.970. The minimum Gasteiger partial charge on any atom is -0.384 e. The van der Waals surface area contributed by atoms with Crippen LogP contribution in [-0.2, 0) is 17.8 Å². The van der Waals surface area contributed by atoms with Crippen LogP contribution in [0.25, 0.3) is 0 Å². The Labute approximate surface area is 165 Å². The Bertz CT molecular complexity index is 815. The lowest BCUT2D eigenvalue weighted by Crippen LogP contribution is -2.38. The number of aromatic nitrogens is 2. The van der Waals surface area contributed by atoms with Crippen LogP contribution in [0.3, 0.4) is 0 Å². The number of nitrogens with zero attached hydrogens (tertiary/aromatic N) is 4. The second kappa shape index (κ2) is 9.10. The molecule has 1 aromatic heterocycles. The minimum atomic E-state index is -0.200. The highest BCUT2D eigenvalue weighted by atomic mass is 19.1. The van der Waals surface area contributed by atoms with Crippen molar-refractivity contribution in [1.82, 2.24) is 19.8 Å². The highest BCUT2D eigenvalue weighted by molar-refractivity contribution is 5.78. The molecule has 7 heteroatoms. The van der Waals surface area contributed by atoms with Crippen LogP contribution < -0.4 is 5.73 Å². The maximum atomic E-state index is 13.8. The first-order valence-electron chi connectivity index (χ1n) is 9.74. The summed E-state index contributed by atoms with van der Waals surface area (Å²) in [6, 6.07) is 8.70. The zero-order valence-electron chi connectivity index (χ0n) is 16.5. The van der Waals surface area contributed by atoms with E-state index in [1.807, 2.05) is 24.9 Å². The molecule has 2 heterocycles. The van der Waals surface area contributed by atoms with E-state index in [2.05, 4.69) is 14.9 Å². The van der Waals surface area contributed by atoms with Crippen LogP contribution in [0.5, 0.6) is 0 Å². The van der Waals surface area contributed by atoms with Crippen LogP contribution in [0.15, 0.2) is 36.5 Å². The van der Waals surface area contributed by atoms with Gasteiger partial charge in [0.2, 0.25) is 5.91 Å². The van der Waals surface area contributed by atoms with Gasteiger partial charge in [-0.2, -0.15) is 0 Å². The Morgan fingerprint density at radius 3 is 2.93 bits per heavy atom. The Hall–Kier alpha value is -2.54. The van der Waals surface area contributed by atoms with E-state index in [0.717, 1.165) is 13.0 Å². The lowest BCUT2D eigenvalue weighted by atomic mass is 9.99. The van der Waals surface area contributed by atoms with Crippen molar-refractivity contribution in [2.24, 2.45) is 5.92 Å². The lowest BCUT2D eigenvalue weighted by Gasteiger charge is -2.25. The van der Waals surface area contributed by atoms with Gasteiger partial charge in [0.05, 0.1) is 6.54 Å². The molecule has 0 bridgehead atoms. The van der Waals surface area contributed by atoms with E-state index in [4.69, 9.17) is 5.73 Å². The van der Waals surface area contributed by atoms with Gasteiger partial charge in [-0.3, -0.25) is 9.69 Å². The quantitative estimate of drug-likeness (QED) is 0.793. The van der Waals surface area contributed by atoms with Crippen LogP contribution in [0, 0.1) is 11.7 Å². The maximum absolute atomic E-state index is 13.8. The Morgan fingerprint density at radius 2 is 2.18 bits per heavy atom. The predicted octanol–water partition coefficient (Wildman–Crippen LogP) is 2.50.